The highest BCUT2D eigenvalue weighted by Crippen LogP contribution is 2.36. The van der Waals surface area contributed by atoms with Crippen molar-refractivity contribution in [2.75, 3.05) is 26.1 Å². The first-order valence-electron chi connectivity index (χ1n) is 6.44. The molecule has 0 aromatic heterocycles. The summed E-state index contributed by atoms with van der Waals surface area (Å²) in [6, 6.07) is 0. The van der Waals surface area contributed by atoms with Crippen molar-refractivity contribution in [1.82, 2.24) is 0 Å². The summed E-state index contributed by atoms with van der Waals surface area (Å²) in [5.74, 6) is 0.951. The Bertz CT molecular complexity index is 177. The molecule has 1 aliphatic carbocycles. The molecule has 1 atom stereocenters. The monoisotopic (exact) mass is 246 g/mol. The van der Waals surface area contributed by atoms with Crippen molar-refractivity contribution in [2.24, 2.45) is 5.41 Å². The molecule has 0 saturated heterocycles. The number of methoxy groups -OCH3 is 1. The Morgan fingerprint density at radius 2 is 1.81 bits per heavy atom. The molecule has 0 heterocycles. The minimum atomic E-state index is 0.199. The van der Waals surface area contributed by atoms with Crippen molar-refractivity contribution in [3.8, 4) is 0 Å². The van der Waals surface area contributed by atoms with E-state index in [0.717, 1.165) is 12.4 Å². The largest absolute Gasteiger partial charge is 0.382 e. The van der Waals surface area contributed by atoms with E-state index >= 15 is 0 Å². The van der Waals surface area contributed by atoms with Crippen LogP contribution in [0.2, 0.25) is 0 Å². The highest BCUT2D eigenvalue weighted by molar-refractivity contribution is 7.80. The summed E-state index contributed by atoms with van der Waals surface area (Å²) in [5.41, 5.74) is 0.321. The van der Waals surface area contributed by atoms with Gasteiger partial charge in [-0.05, 0) is 25.5 Å². The Labute approximate surface area is 105 Å². The zero-order chi connectivity index (χ0) is 11.9. The molecule has 16 heavy (non-hydrogen) atoms. The van der Waals surface area contributed by atoms with Crippen LogP contribution in [0.1, 0.15) is 45.4 Å². The highest BCUT2D eigenvalue weighted by atomic mass is 32.1. The van der Waals surface area contributed by atoms with Crippen LogP contribution in [-0.2, 0) is 9.47 Å². The minimum absolute atomic E-state index is 0.199. The van der Waals surface area contributed by atoms with E-state index in [9.17, 15) is 0 Å². The molecule has 2 nitrogen and oxygen atoms in total. The van der Waals surface area contributed by atoms with Crippen LogP contribution in [0.15, 0.2) is 0 Å². The molecular weight excluding hydrogens is 220 g/mol. The molecule has 0 aromatic rings. The maximum absolute atomic E-state index is 5.90. The van der Waals surface area contributed by atoms with Gasteiger partial charge in [0, 0.05) is 12.5 Å². The second kappa shape index (κ2) is 7.57. The lowest BCUT2D eigenvalue weighted by atomic mass is 9.83. The molecule has 1 saturated carbocycles. The Morgan fingerprint density at radius 1 is 1.19 bits per heavy atom. The fraction of sp³-hybridized carbons (Fsp3) is 1.00. The van der Waals surface area contributed by atoms with Crippen LogP contribution in [0.4, 0.5) is 0 Å². The van der Waals surface area contributed by atoms with Gasteiger partial charge in [-0.15, -0.1) is 0 Å². The smallest absolute Gasteiger partial charge is 0.0780 e. The van der Waals surface area contributed by atoms with Gasteiger partial charge in [0.1, 0.15) is 0 Å². The Hall–Kier alpha value is 0.270. The van der Waals surface area contributed by atoms with Crippen LogP contribution in [0, 0.1) is 5.41 Å². The van der Waals surface area contributed by atoms with Crippen LogP contribution in [0.5, 0.6) is 0 Å². The van der Waals surface area contributed by atoms with Gasteiger partial charge in [0.2, 0.25) is 0 Å². The molecule has 0 amide bonds. The number of hydrogen-bond donors (Lipinski definition) is 1. The van der Waals surface area contributed by atoms with E-state index in [-0.39, 0.29) is 6.10 Å². The van der Waals surface area contributed by atoms with Crippen molar-refractivity contribution in [3.63, 3.8) is 0 Å². The molecule has 3 heteroatoms. The van der Waals surface area contributed by atoms with Gasteiger partial charge in [0.25, 0.3) is 0 Å². The van der Waals surface area contributed by atoms with Crippen molar-refractivity contribution in [3.05, 3.63) is 0 Å². The van der Waals surface area contributed by atoms with Crippen LogP contribution in [0.3, 0.4) is 0 Å². The van der Waals surface area contributed by atoms with Crippen molar-refractivity contribution < 1.29 is 9.47 Å². The average Bonchev–Trinajstić information content (AvgIpc) is 2.53. The fourth-order valence-corrected chi connectivity index (χ4v) is 2.84. The first kappa shape index (κ1) is 14.3. The highest BCUT2D eigenvalue weighted by Gasteiger charge is 2.30. The van der Waals surface area contributed by atoms with E-state index < -0.39 is 0 Å². The molecule has 1 unspecified atom stereocenters. The number of hydrogen-bond acceptors (Lipinski definition) is 3. The molecule has 96 valence electrons. The summed E-state index contributed by atoms with van der Waals surface area (Å²) in [4.78, 5) is 0. The number of rotatable bonds is 6. The lowest BCUT2D eigenvalue weighted by molar-refractivity contribution is -0.0319. The van der Waals surface area contributed by atoms with Crippen LogP contribution < -0.4 is 0 Å². The third kappa shape index (κ3) is 4.64. The number of thiol groups is 1. The predicted molar refractivity (Wildman–Crippen MR) is 71.3 cm³/mol. The van der Waals surface area contributed by atoms with Gasteiger partial charge < -0.3 is 9.47 Å². The summed E-state index contributed by atoms with van der Waals surface area (Å²) in [6.45, 7) is 3.61. The summed E-state index contributed by atoms with van der Waals surface area (Å²) in [6.07, 6.45) is 8.18. The zero-order valence-electron chi connectivity index (χ0n) is 10.7. The Kier molecular flexibility index (Phi) is 6.78. The standard InChI is InChI=1S/C13H26O2S/c1-12(9-14-2)15-10-13(11-16)7-5-3-4-6-8-13/h12,16H,3-11H2,1-2H3. The predicted octanol–water partition coefficient (Wildman–Crippen LogP) is 3.31. The molecule has 0 spiro atoms. The third-order valence-electron chi connectivity index (χ3n) is 3.58. The lowest BCUT2D eigenvalue weighted by Gasteiger charge is -2.32. The third-order valence-corrected chi connectivity index (χ3v) is 4.25. The normalized spacial score (nSPS) is 22.7. The lowest BCUT2D eigenvalue weighted by Crippen LogP contribution is -2.31. The molecule has 1 fully saturated rings. The van der Waals surface area contributed by atoms with Gasteiger partial charge in [-0.3, -0.25) is 0 Å². The van der Waals surface area contributed by atoms with Gasteiger partial charge in [0.15, 0.2) is 0 Å². The molecule has 1 rings (SSSR count). The second-order valence-electron chi connectivity index (χ2n) is 5.15. The van der Waals surface area contributed by atoms with Gasteiger partial charge >= 0.3 is 0 Å². The zero-order valence-corrected chi connectivity index (χ0v) is 11.6. The van der Waals surface area contributed by atoms with E-state index in [2.05, 4.69) is 19.6 Å². The molecule has 0 aliphatic heterocycles. The van der Waals surface area contributed by atoms with Gasteiger partial charge in [-0.25, -0.2) is 0 Å². The maximum atomic E-state index is 5.90. The fourth-order valence-electron chi connectivity index (χ4n) is 2.43. The SMILES string of the molecule is COCC(C)OCC1(CS)CCCCCC1. The van der Waals surface area contributed by atoms with Crippen molar-refractivity contribution in [2.45, 2.75) is 51.6 Å². The minimum Gasteiger partial charge on any atom is -0.382 e. The molecule has 0 bridgehead atoms. The van der Waals surface area contributed by atoms with E-state index in [4.69, 9.17) is 9.47 Å². The van der Waals surface area contributed by atoms with E-state index in [0.29, 0.717) is 12.0 Å². The summed E-state index contributed by atoms with van der Waals surface area (Å²) in [7, 11) is 1.72. The first-order valence-corrected chi connectivity index (χ1v) is 7.07. The van der Waals surface area contributed by atoms with Crippen molar-refractivity contribution in [1.29, 1.82) is 0 Å². The second-order valence-corrected chi connectivity index (χ2v) is 5.47. The van der Waals surface area contributed by atoms with E-state index in [1.807, 2.05) is 0 Å². The molecular formula is C13H26O2S. The summed E-state index contributed by atoms with van der Waals surface area (Å²) in [5, 5.41) is 0. The quantitative estimate of drug-likeness (QED) is 0.572. The van der Waals surface area contributed by atoms with E-state index in [1.54, 1.807) is 7.11 Å². The summed E-state index contributed by atoms with van der Waals surface area (Å²) < 4.78 is 11.0. The van der Waals surface area contributed by atoms with E-state index in [1.165, 1.54) is 38.5 Å². The van der Waals surface area contributed by atoms with Crippen LogP contribution in [0.25, 0.3) is 0 Å². The van der Waals surface area contributed by atoms with Gasteiger partial charge in [-0.1, -0.05) is 25.7 Å². The molecule has 0 aromatic carbocycles. The molecule has 0 N–H and O–H groups in total. The topological polar surface area (TPSA) is 18.5 Å². The average molecular weight is 246 g/mol. The Balaban J connectivity index is 2.39. The summed E-state index contributed by atoms with van der Waals surface area (Å²) >= 11 is 4.54. The first-order chi connectivity index (χ1) is 7.72. The van der Waals surface area contributed by atoms with Crippen LogP contribution >= 0.6 is 12.6 Å². The van der Waals surface area contributed by atoms with Gasteiger partial charge in [-0.2, -0.15) is 12.6 Å². The van der Waals surface area contributed by atoms with Crippen LogP contribution in [-0.4, -0.2) is 32.2 Å². The Morgan fingerprint density at radius 3 is 2.31 bits per heavy atom. The number of ether oxygens (including phenoxy) is 2. The molecule has 0 radical (unpaired) electrons. The maximum Gasteiger partial charge on any atom is 0.0780 e. The molecule has 1 aliphatic rings. The van der Waals surface area contributed by atoms with Gasteiger partial charge in [0.05, 0.1) is 19.3 Å². The van der Waals surface area contributed by atoms with Crippen molar-refractivity contribution >= 4 is 12.6 Å².